The van der Waals surface area contributed by atoms with Crippen LogP contribution in [0.2, 0.25) is 0 Å². The molecule has 6 nitrogen and oxygen atoms in total. The normalized spacial score (nSPS) is 16.9. The fraction of sp³-hybridized carbons (Fsp3) is 0.750. The molecule has 0 aromatic heterocycles. The van der Waals surface area contributed by atoms with Gasteiger partial charge in [0.15, 0.2) is 0 Å². The lowest BCUT2D eigenvalue weighted by Crippen LogP contribution is -2.42. The van der Waals surface area contributed by atoms with E-state index in [1.165, 1.54) is 0 Å². The van der Waals surface area contributed by atoms with Crippen LogP contribution in [-0.2, 0) is 14.3 Å². The SMILES string of the molecule is NNC(=O)CCCN1CCOCC1=O. The Hall–Kier alpha value is -1.14. The van der Waals surface area contributed by atoms with E-state index < -0.39 is 0 Å². The third-order valence-corrected chi connectivity index (χ3v) is 2.08. The molecule has 3 N–H and O–H groups in total. The topological polar surface area (TPSA) is 84.7 Å². The van der Waals surface area contributed by atoms with E-state index in [2.05, 4.69) is 0 Å². The van der Waals surface area contributed by atoms with Gasteiger partial charge in [-0.1, -0.05) is 0 Å². The maximum absolute atomic E-state index is 11.2. The average Bonchev–Trinajstić information content (AvgIpc) is 2.20. The minimum atomic E-state index is -0.203. The molecular weight excluding hydrogens is 186 g/mol. The predicted octanol–water partition coefficient (Wildman–Crippen LogP) is -1.38. The van der Waals surface area contributed by atoms with E-state index >= 15 is 0 Å². The molecule has 2 amide bonds. The van der Waals surface area contributed by atoms with Gasteiger partial charge < -0.3 is 9.64 Å². The summed E-state index contributed by atoms with van der Waals surface area (Å²) in [6, 6.07) is 0. The molecule has 0 atom stereocenters. The van der Waals surface area contributed by atoms with Crippen molar-refractivity contribution in [3.05, 3.63) is 0 Å². The van der Waals surface area contributed by atoms with Crippen molar-refractivity contribution in [2.75, 3.05) is 26.3 Å². The number of hydrazine groups is 1. The number of ether oxygens (including phenoxy) is 1. The zero-order chi connectivity index (χ0) is 10.4. The van der Waals surface area contributed by atoms with Crippen LogP contribution >= 0.6 is 0 Å². The molecule has 0 bridgehead atoms. The Morgan fingerprint density at radius 2 is 2.43 bits per heavy atom. The minimum absolute atomic E-state index is 0.00981. The van der Waals surface area contributed by atoms with Crippen LogP contribution < -0.4 is 11.3 Å². The van der Waals surface area contributed by atoms with Crippen LogP contribution in [0, 0.1) is 0 Å². The highest BCUT2D eigenvalue weighted by molar-refractivity contribution is 5.78. The molecule has 80 valence electrons. The lowest BCUT2D eigenvalue weighted by Gasteiger charge is -2.26. The average molecular weight is 201 g/mol. The number of nitrogens with two attached hydrogens (primary N) is 1. The van der Waals surface area contributed by atoms with Gasteiger partial charge in [-0.15, -0.1) is 0 Å². The van der Waals surface area contributed by atoms with Gasteiger partial charge in [-0.3, -0.25) is 15.0 Å². The standard InChI is InChI=1S/C8H15N3O3/c9-10-7(12)2-1-3-11-4-5-14-6-8(11)13/h1-6,9H2,(H,10,12). The van der Waals surface area contributed by atoms with Crippen LogP contribution in [0.4, 0.5) is 0 Å². The highest BCUT2D eigenvalue weighted by atomic mass is 16.5. The molecule has 1 aliphatic rings. The van der Waals surface area contributed by atoms with E-state index in [1.54, 1.807) is 4.90 Å². The number of hydrogen-bond acceptors (Lipinski definition) is 4. The molecule has 1 rings (SSSR count). The van der Waals surface area contributed by atoms with E-state index in [0.29, 0.717) is 32.5 Å². The largest absolute Gasteiger partial charge is 0.370 e. The Morgan fingerprint density at radius 1 is 1.64 bits per heavy atom. The smallest absolute Gasteiger partial charge is 0.248 e. The molecule has 6 heteroatoms. The predicted molar refractivity (Wildman–Crippen MR) is 49.0 cm³/mol. The maximum Gasteiger partial charge on any atom is 0.248 e. The van der Waals surface area contributed by atoms with Crippen molar-refractivity contribution in [1.29, 1.82) is 0 Å². The van der Waals surface area contributed by atoms with E-state index in [0.717, 1.165) is 0 Å². The van der Waals surface area contributed by atoms with E-state index in [-0.39, 0.29) is 18.4 Å². The van der Waals surface area contributed by atoms with Gasteiger partial charge in [0.2, 0.25) is 11.8 Å². The zero-order valence-electron chi connectivity index (χ0n) is 7.99. The molecule has 0 aromatic carbocycles. The number of nitrogens with one attached hydrogen (secondary N) is 1. The van der Waals surface area contributed by atoms with Crippen LogP contribution in [0.5, 0.6) is 0 Å². The molecule has 14 heavy (non-hydrogen) atoms. The number of carbonyl (C=O) groups excluding carboxylic acids is 2. The van der Waals surface area contributed by atoms with Gasteiger partial charge in [-0.25, -0.2) is 5.84 Å². The zero-order valence-corrected chi connectivity index (χ0v) is 7.99. The first-order valence-corrected chi connectivity index (χ1v) is 4.59. The first-order valence-electron chi connectivity index (χ1n) is 4.59. The molecule has 0 aliphatic carbocycles. The van der Waals surface area contributed by atoms with Crippen molar-refractivity contribution >= 4 is 11.8 Å². The lowest BCUT2D eigenvalue weighted by molar-refractivity contribution is -0.142. The third-order valence-electron chi connectivity index (χ3n) is 2.08. The molecular formula is C8H15N3O3. The summed E-state index contributed by atoms with van der Waals surface area (Å²) >= 11 is 0. The van der Waals surface area contributed by atoms with Crippen molar-refractivity contribution in [2.45, 2.75) is 12.8 Å². The van der Waals surface area contributed by atoms with E-state index in [1.807, 2.05) is 5.43 Å². The quantitative estimate of drug-likeness (QED) is 0.333. The maximum atomic E-state index is 11.2. The molecule has 1 fully saturated rings. The van der Waals surface area contributed by atoms with Crippen molar-refractivity contribution in [3.8, 4) is 0 Å². The summed E-state index contributed by atoms with van der Waals surface area (Å²) in [6.07, 6.45) is 0.982. The Morgan fingerprint density at radius 3 is 3.07 bits per heavy atom. The second-order valence-corrected chi connectivity index (χ2v) is 3.10. The van der Waals surface area contributed by atoms with E-state index in [9.17, 15) is 9.59 Å². The number of nitrogens with zero attached hydrogens (tertiary/aromatic N) is 1. The summed E-state index contributed by atoms with van der Waals surface area (Å²) in [5, 5.41) is 0. The lowest BCUT2D eigenvalue weighted by atomic mass is 10.2. The summed E-state index contributed by atoms with van der Waals surface area (Å²) < 4.78 is 4.97. The molecule has 0 radical (unpaired) electrons. The molecule has 1 heterocycles. The van der Waals surface area contributed by atoms with Crippen LogP contribution in [0.25, 0.3) is 0 Å². The number of rotatable bonds is 4. The van der Waals surface area contributed by atoms with Crippen molar-refractivity contribution in [3.63, 3.8) is 0 Å². The fourth-order valence-corrected chi connectivity index (χ4v) is 1.29. The van der Waals surface area contributed by atoms with Gasteiger partial charge in [-0.05, 0) is 6.42 Å². The van der Waals surface area contributed by atoms with Gasteiger partial charge in [0.25, 0.3) is 0 Å². The monoisotopic (exact) mass is 201 g/mol. The molecule has 0 saturated carbocycles. The highest BCUT2D eigenvalue weighted by Crippen LogP contribution is 2.01. The summed E-state index contributed by atoms with van der Waals surface area (Å²) in [6.45, 7) is 1.94. The van der Waals surface area contributed by atoms with Gasteiger partial charge in [-0.2, -0.15) is 0 Å². The summed E-state index contributed by atoms with van der Waals surface area (Å²) in [4.78, 5) is 23.7. The molecule has 0 aromatic rings. The first kappa shape index (κ1) is 10.9. The molecule has 1 saturated heterocycles. The van der Waals surface area contributed by atoms with Crippen LogP contribution in [-0.4, -0.2) is 43.0 Å². The Bertz CT molecular complexity index is 220. The molecule has 1 aliphatic heterocycles. The number of carbonyl (C=O) groups is 2. The van der Waals surface area contributed by atoms with Crippen molar-refractivity contribution in [2.24, 2.45) is 5.84 Å². The van der Waals surface area contributed by atoms with Crippen molar-refractivity contribution in [1.82, 2.24) is 10.3 Å². The fourth-order valence-electron chi connectivity index (χ4n) is 1.29. The Labute approximate surface area is 82.3 Å². The summed E-state index contributed by atoms with van der Waals surface area (Å²) in [5.74, 6) is 4.71. The van der Waals surface area contributed by atoms with Gasteiger partial charge in [0.1, 0.15) is 6.61 Å². The highest BCUT2D eigenvalue weighted by Gasteiger charge is 2.17. The van der Waals surface area contributed by atoms with Gasteiger partial charge in [0, 0.05) is 19.5 Å². The molecule has 0 spiro atoms. The van der Waals surface area contributed by atoms with E-state index in [4.69, 9.17) is 10.6 Å². The Kier molecular flexibility index (Phi) is 4.34. The van der Waals surface area contributed by atoms with Gasteiger partial charge >= 0.3 is 0 Å². The number of amides is 2. The van der Waals surface area contributed by atoms with Crippen LogP contribution in [0.15, 0.2) is 0 Å². The Balaban J connectivity index is 2.16. The second-order valence-electron chi connectivity index (χ2n) is 3.10. The minimum Gasteiger partial charge on any atom is -0.370 e. The van der Waals surface area contributed by atoms with Crippen LogP contribution in [0.3, 0.4) is 0 Å². The number of hydrogen-bond donors (Lipinski definition) is 2. The van der Waals surface area contributed by atoms with Crippen molar-refractivity contribution < 1.29 is 14.3 Å². The van der Waals surface area contributed by atoms with Crippen LogP contribution in [0.1, 0.15) is 12.8 Å². The second kappa shape index (κ2) is 5.56. The molecule has 0 unspecified atom stereocenters. The van der Waals surface area contributed by atoms with Gasteiger partial charge in [0.05, 0.1) is 6.61 Å². The summed E-state index contributed by atoms with van der Waals surface area (Å²) in [5.41, 5.74) is 2.05. The number of morpholine rings is 1. The third kappa shape index (κ3) is 3.31. The first-order chi connectivity index (χ1) is 6.74. The summed E-state index contributed by atoms with van der Waals surface area (Å²) in [7, 11) is 0.